The molecule has 1 atom stereocenters. The molecule has 6 heteroatoms. The first-order valence-electron chi connectivity index (χ1n) is 9.38. The van der Waals surface area contributed by atoms with E-state index in [-0.39, 0.29) is 6.10 Å². The summed E-state index contributed by atoms with van der Waals surface area (Å²) in [5, 5.41) is 6.71. The van der Waals surface area contributed by atoms with Crippen molar-refractivity contribution >= 4 is 5.96 Å². The fraction of sp³-hybridized carbons (Fsp3) is 0.650. The summed E-state index contributed by atoms with van der Waals surface area (Å²) in [7, 11) is 5.60. The summed E-state index contributed by atoms with van der Waals surface area (Å²) in [6, 6.07) is 6.33. The van der Waals surface area contributed by atoms with Gasteiger partial charge in [0.05, 0.1) is 12.7 Å². The number of hydrogen-bond acceptors (Lipinski definition) is 4. The summed E-state index contributed by atoms with van der Waals surface area (Å²) < 4.78 is 11.2. The lowest BCUT2D eigenvalue weighted by atomic mass is 10.1. The van der Waals surface area contributed by atoms with Crippen molar-refractivity contribution in [1.82, 2.24) is 15.5 Å². The second-order valence-electron chi connectivity index (χ2n) is 6.60. The Balaban J connectivity index is 2.53. The Hall–Kier alpha value is -1.79. The van der Waals surface area contributed by atoms with Gasteiger partial charge in [-0.2, -0.15) is 0 Å². The third-order valence-electron chi connectivity index (χ3n) is 4.26. The standard InChI is InChI=1S/C20H36N4O2/c1-7-17(3)26-19-14-16(2)8-9-18(19)15-23-20(21-4)22-10-11-24(5)12-13-25-6/h8-9,14,17H,7,10-13,15H2,1-6H3,(H2,21,22,23). The fourth-order valence-electron chi connectivity index (χ4n) is 2.34. The zero-order chi connectivity index (χ0) is 19.4. The monoisotopic (exact) mass is 364 g/mol. The smallest absolute Gasteiger partial charge is 0.191 e. The minimum atomic E-state index is 0.204. The molecule has 0 aromatic heterocycles. The Labute approximate surface area is 159 Å². The molecule has 6 nitrogen and oxygen atoms in total. The molecule has 0 aliphatic rings. The van der Waals surface area contributed by atoms with Crippen LogP contribution in [0, 0.1) is 6.92 Å². The average molecular weight is 365 g/mol. The normalized spacial score (nSPS) is 13.0. The number of guanidine groups is 1. The number of ether oxygens (including phenoxy) is 2. The molecule has 0 radical (unpaired) electrons. The molecule has 1 aromatic rings. The number of likely N-dealkylation sites (N-methyl/N-ethyl adjacent to an activating group) is 1. The molecule has 0 saturated heterocycles. The third-order valence-corrected chi connectivity index (χ3v) is 4.26. The van der Waals surface area contributed by atoms with Crippen molar-refractivity contribution < 1.29 is 9.47 Å². The first-order valence-corrected chi connectivity index (χ1v) is 9.38. The van der Waals surface area contributed by atoms with E-state index < -0.39 is 0 Å². The topological polar surface area (TPSA) is 58.1 Å². The summed E-state index contributed by atoms with van der Waals surface area (Å²) in [5.41, 5.74) is 2.34. The van der Waals surface area contributed by atoms with E-state index in [4.69, 9.17) is 9.47 Å². The SMILES string of the molecule is CCC(C)Oc1cc(C)ccc1CNC(=NC)NCCN(C)CCOC. The van der Waals surface area contributed by atoms with Crippen LogP contribution in [0.4, 0.5) is 0 Å². The maximum absolute atomic E-state index is 6.07. The van der Waals surface area contributed by atoms with Crippen molar-refractivity contribution in [2.45, 2.75) is 39.8 Å². The van der Waals surface area contributed by atoms with Gasteiger partial charge in [-0.15, -0.1) is 0 Å². The molecule has 0 aliphatic heterocycles. The van der Waals surface area contributed by atoms with Crippen LogP contribution < -0.4 is 15.4 Å². The van der Waals surface area contributed by atoms with Gasteiger partial charge in [-0.05, 0) is 38.9 Å². The highest BCUT2D eigenvalue weighted by Crippen LogP contribution is 2.22. The van der Waals surface area contributed by atoms with E-state index in [1.54, 1.807) is 14.2 Å². The van der Waals surface area contributed by atoms with Crippen molar-refractivity contribution in [3.63, 3.8) is 0 Å². The minimum Gasteiger partial charge on any atom is -0.490 e. The molecule has 0 amide bonds. The summed E-state index contributed by atoms with van der Waals surface area (Å²) in [5.74, 6) is 1.74. The molecule has 26 heavy (non-hydrogen) atoms. The van der Waals surface area contributed by atoms with E-state index in [2.05, 4.69) is 66.5 Å². The summed E-state index contributed by atoms with van der Waals surface area (Å²) >= 11 is 0. The van der Waals surface area contributed by atoms with Gasteiger partial charge in [-0.3, -0.25) is 4.99 Å². The molecule has 0 aliphatic carbocycles. The van der Waals surface area contributed by atoms with Crippen molar-refractivity contribution in [3.05, 3.63) is 29.3 Å². The number of aliphatic imine (C=N–C) groups is 1. The van der Waals surface area contributed by atoms with Gasteiger partial charge in [-0.1, -0.05) is 19.1 Å². The second kappa shape index (κ2) is 12.5. The molecule has 1 aromatic carbocycles. The van der Waals surface area contributed by atoms with Gasteiger partial charge in [0.15, 0.2) is 5.96 Å². The Bertz CT molecular complexity index is 549. The summed E-state index contributed by atoms with van der Waals surface area (Å²) in [6.45, 7) is 10.4. The number of rotatable bonds is 11. The van der Waals surface area contributed by atoms with Crippen LogP contribution in [0.25, 0.3) is 0 Å². The maximum atomic E-state index is 6.07. The number of nitrogens with one attached hydrogen (secondary N) is 2. The molecular weight excluding hydrogens is 328 g/mol. The lowest BCUT2D eigenvalue weighted by molar-refractivity contribution is 0.162. The molecule has 0 fully saturated rings. The van der Waals surface area contributed by atoms with E-state index in [9.17, 15) is 0 Å². The third kappa shape index (κ3) is 8.54. The molecule has 0 saturated carbocycles. The first kappa shape index (κ1) is 22.3. The Morgan fingerprint density at radius 3 is 2.69 bits per heavy atom. The van der Waals surface area contributed by atoms with Crippen LogP contribution in [0.1, 0.15) is 31.4 Å². The highest BCUT2D eigenvalue weighted by molar-refractivity contribution is 5.79. The molecular formula is C20H36N4O2. The van der Waals surface area contributed by atoms with Gasteiger partial charge in [0.1, 0.15) is 5.75 Å². The Morgan fingerprint density at radius 2 is 2.04 bits per heavy atom. The number of aryl methyl sites for hydroxylation is 1. The second-order valence-corrected chi connectivity index (χ2v) is 6.60. The molecule has 0 spiro atoms. The van der Waals surface area contributed by atoms with Crippen LogP contribution in [0.5, 0.6) is 5.75 Å². The van der Waals surface area contributed by atoms with Crippen molar-refractivity contribution in [2.75, 3.05) is 47.4 Å². The van der Waals surface area contributed by atoms with Crippen LogP contribution >= 0.6 is 0 Å². The number of methoxy groups -OCH3 is 1. The molecule has 1 unspecified atom stereocenters. The van der Waals surface area contributed by atoms with E-state index >= 15 is 0 Å². The van der Waals surface area contributed by atoms with Gasteiger partial charge >= 0.3 is 0 Å². The molecule has 1 rings (SSSR count). The predicted molar refractivity (Wildman–Crippen MR) is 109 cm³/mol. The van der Waals surface area contributed by atoms with E-state index in [1.807, 2.05) is 0 Å². The predicted octanol–water partition coefficient (Wildman–Crippen LogP) is 2.42. The summed E-state index contributed by atoms with van der Waals surface area (Å²) in [6.07, 6.45) is 1.19. The van der Waals surface area contributed by atoms with Crippen LogP contribution in [-0.2, 0) is 11.3 Å². The van der Waals surface area contributed by atoms with Crippen LogP contribution in [-0.4, -0.2) is 64.4 Å². The largest absolute Gasteiger partial charge is 0.490 e. The number of nitrogens with zero attached hydrogens (tertiary/aromatic N) is 2. The zero-order valence-corrected chi connectivity index (χ0v) is 17.3. The van der Waals surface area contributed by atoms with E-state index in [0.717, 1.165) is 49.9 Å². The van der Waals surface area contributed by atoms with Crippen molar-refractivity contribution in [1.29, 1.82) is 0 Å². The molecule has 0 bridgehead atoms. The first-order chi connectivity index (χ1) is 12.5. The van der Waals surface area contributed by atoms with Crippen molar-refractivity contribution in [3.8, 4) is 5.75 Å². The Kier molecular flexibility index (Phi) is 10.7. The van der Waals surface area contributed by atoms with Crippen LogP contribution in [0.15, 0.2) is 23.2 Å². The van der Waals surface area contributed by atoms with Gasteiger partial charge < -0.3 is 25.0 Å². The highest BCUT2D eigenvalue weighted by Gasteiger charge is 2.09. The van der Waals surface area contributed by atoms with Crippen LogP contribution in [0.3, 0.4) is 0 Å². The van der Waals surface area contributed by atoms with Gasteiger partial charge in [0.25, 0.3) is 0 Å². The molecule has 2 N–H and O–H groups in total. The maximum Gasteiger partial charge on any atom is 0.191 e. The number of hydrogen-bond donors (Lipinski definition) is 2. The zero-order valence-electron chi connectivity index (χ0n) is 17.3. The van der Waals surface area contributed by atoms with E-state index in [0.29, 0.717) is 6.54 Å². The quantitative estimate of drug-likeness (QED) is 0.466. The van der Waals surface area contributed by atoms with Crippen molar-refractivity contribution in [2.24, 2.45) is 4.99 Å². The van der Waals surface area contributed by atoms with Gasteiger partial charge in [0, 0.05) is 45.9 Å². The minimum absolute atomic E-state index is 0.204. The van der Waals surface area contributed by atoms with E-state index in [1.165, 1.54) is 5.56 Å². The summed E-state index contributed by atoms with van der Waals surface area (Å²) in [4.78, 5) is 6.52. The Morgan fingerprint density at radius 1 is 1.27 bits per heavy atom. The van der Waals surface area contributed by atoms with Crippen LogP contribution in [0.2, 0.25) is 0 Å². The molecule has 0 heterocycles. The van der Waals surface area contributed by atoms with Gasteiger partial charge in [0.2, 0.25) is 0 Å². The highest BCUT2D eigenvalue weighted by atomic mass is 16.5. The number of benzene rings is 1. The van der Waals surface area contributed by atoms with Gasteiger partial charge in [-0.25, -0.2) is 0 Å². The lowest BCUT2D eigenvalue weighted by Crippen LogP contribution is -2.41. The lowest BCUT2D eigenvalue weighted by Gasteiger charge is -2.19. The fourth-order valence-corrected chi connectivity index (χ4v) is 2.34. The molecule has 148 valence electrons. The average Bonchev–Trinajstić information content (AvgIpc) is 2.63.